The summed E-state index contributed by atoms with van der Waals surface area (Å²) >= 11 is 0. The number of aliphatic hydroxyl groups excluding tert-OH is 4. The van der Waals surface area contributed by atoms with E-state index in [1.807, 2.05) is 0 Å². The van der Waals surface area contributed by atoms with Gasteiger partial charge in [-0.15, -0.1) is 0 Å². The van der Waals surface area contributed by atoms with E-state index in [0.29, 0.717) is 0 Å². The summed E-state index contributed by atoms with van der Waals surface area (Å²) in [5.41, 5.74) is 3.85. The maximum absolute atomic E-state index is 10.2. The molecule has 19 heavy (non-hydrogen) atoms. The van der Waals surface area contributed by atoms with Gasteiger partial charge in [0, 0.05) is 26.4 Å². The molecular formula is C9H16NO8Zn+. The van der Waals surface area contributed by atoms with E-state index in [0.717, 1.165) is 0 Å². The summed E-state index contributed by atoms with van der Waals surface area (Å²) in [6.45, 7) is 1.88. The van der Waals surface area contributed by atoms with Crippen LogP contribution in [0.15, 0.2) is 11.3 Å². The third kappa shape index (κ3) is 10.4. The number of carbonyl (C=O) groups is 2. The number of carboxylic acid groups (broad SMARTS) is 2. The van der Waals surface area contributed by atoms with E-state index < -0.39 is 42.1 Å². The van der Waals surface area contributed by atoms with E-state index in [9.17, 15) is 9.59 Å². The molecule has 0 saturated heterocycles. The third-order valence-electron chi connectivity index (χ3n) is 1.57. The molecule has 8 N–H and O–H groups in total. The van der Waals surface area contributed by atoms with Crippen molar-refractivity contribution in [3.63, 3.8) is 0 Å². The van der Waals surface area contributed by atoms with Crippen LogP contribution >= 0.6 is 0 Å². The quantitative estimate of drug-likeness (QED) is 0.123. The molecule has 0 saturated carbocycles. The second-order valence-electron chi connectivity index (χ2n) is 2.96. The van der Waals surface area contributed by atoms with E-state index >= 15 is 0 Å². The molecular weight excluding hydrogens is 315 g/mol. The van der Waals surface area contributed by atoms with Crippen molar-refractivity contribution in [3.05, 3.63) is 18.3 Å². The van der Waals surface area contributed by atoms with Crippen LogP contribution in [0.3, 0.4) is 0 Å². The van der Waals surface area contributed by atoms with Gasteiger partial charge in [0.2, 0.25) is 5.76 Å². The average molecular weight is 332 g/mol. The Hall–Kier alpha value is -1.19. The second kappa shape index (κ2) is 11.9. The molecule has 0 spiro atoms. The molecule has 0 aromatic rings. The van der Waals surface area contributed by atoms with Crippen molar-refractivity contribution in [1.29, 1.82) is 0 Å². The fourth-order valence-corrected chi connectivity index (χ4v) is 0.570. The first-order chi connectivity index (χ1) is 8.18. The molecule has 0 aliphatic carbocycles. The maximum Gasteiger partial charge on any atom is 0.450 e. The molecule has 2 unspecified atom stereocenters. The number of aliphatic hydroxyl groups is 4. The van der Waals surface area contributed by atoms with Gasteiger partial charge in [0.25, 0.3) is 5.57 Å². The molecule has 0 radical (unpaired) electrons. The van der Waals surface area contributed by atoms with Crippen LogP contribution in [0, 0.1) is 6.92 Å². The van der Waals surface area contributed by atoms with Crippen molar-refractivity contribution < 1.29 is 59.7 Å². The molecule has 0 aromatic heterocycles. The number of carboxylic acids is 2. The van der Waals surface area contributed by atoms with Crippen LogP contribution in [-0.4, -0.2) is 67.9 Å². The van der Waals surface area contributed by atoms with Crippen molar-refractivity contribution in [2.75, 3.05) is 13.2 Å². The number of hydrogen-bond acceptors (Lipinski definition) is 7. The fraction of sp³-hybridized carbons (Fsp3) is 0.444. The SMILES string of the molecule is NCC(=O)O.[CH2+]/C(C(=O)O)=C(\O)C(O)C(O)CO.[Zn]. The van der Waals surface area contributed by atoms with Gasteiger partial charge in [-0.05, 0) is 0 Å². The molecule has 0 amide bonds. The number of rotatable bonds is 5. The third-order valence-corrected chi connectivity index (χ3v) is 1.57. The zero-order chi connectivity index (χ0) is 14.9. The molecule has 2 atom stereocenters. The predicted molar refractivity (Wildman–Crippen MR) is 58.4 cm³/mol. The van der Waals surface area contributed by atoms with Crippen LogP contribution in [0.4, 0.5) is 0 Å². The fourth-order valence-electron chi connectivity index (χ4n) is 0.570. The van der Waals surface area contributed by atoms with Gasteiger partial charge >= 0.3 is 11.9 Å². The molecule has 106 valence electrons. The van der Waals surface area contributed by atoms with Gasteiger partial charge in [-0.1, -0.05) is 0 Å². The predicted octanol–water partition coefficient (Wildman–Crippen LogP) is -2.54. The van der Waals surface area contributed by atoms with Crippen LogP contribution in [0.2, 0.25) is 0 Å². The first-order valence-electron chi connectivity index (χ1n) is 4.56. The summed E-state index contributed by atoms with van der Waals surface area (Å²) < 4.78 is 0. The van der Waals surface area contributed by atoms with Gasteiger partial charge in [0.05, 0.1) is 13.2 Å². The molecule has 10 heteroatoms. The summed E-state index contributed by atoms with van der Waals surface area (Å²) in [6, 6.07) is 0. The maximum atomic E-state index is 10.2. The van der Waals surface area contributed by atoms with Crippen LogP contribution < -0.4 is 5.73 Å². The van der Waals surface area contributed by atoms with Gasteiger partial charge in [0.15, 0.2) is 6.10 Å². The van der Waals surface area contributed by atoms with Crippen LogP contribution in [0.25, 0.3) is 0 Å². The van der Waals surface area contributed by atoms with Gasteiger partial charge in [0.1, 0.15) is 6.10 Å². The van der Waals surface area contributed by atoms with Crippen molar-refractivity contribution in [2.45, 2.75) is 12.2 Å². The van der Waals surface area contributed by atoms with Gasteiger partial charge in [-0.25, -0.2) is 0 Å². The summed E-state index contributed by atoms with van der Waals surface area (Å²) in [5.74, 6) is -3.44. The Bertz CT molecular complexity index is 319. The van der Waals surface area contributed by atoms with Crippen LogP contribution in [0.1, 0.15) is 0 Å². The molecule has 0 aromatic carbocycles. The first kappa shape index (κ1) is 22.9. The molecule has 0 bridgehead atoms. The van der Waals surface area contributed by atoms with Crippen molar-refractivity contribution >= 4 is 11.9 Å². The van der Waals surface area contributed by atoms with E-state index in [2.05, 4.69) is 12.7 Å². The minimum absolute atomic E-state index is 0. The largest absolute Gasteiger partial charge is 0.480 e. The standard InChI is InChI=1S/C7H10O6.C2H5NO2.Zn/c1-3(7(12)13)5(10)6(11)4(9)2-8;3-1-2(4)5;/h4,6,8-9,11H,1-2H2,(H-,10,12,13);1,3H2,(H,4,5);/p+1/b5-3+;;. The Morgan fingerprint density at radius 3 is 1.74 bits per heavy atom. The van der Waals surface area contributed by atoms with Crippen molar-refractivity contribution in [3.8, 4) is 0 Å². The zero-order valence-corrected chi connectivity index (χ0v) is 13.0. The summed E-state index contributed by atoms with van der Waals surface area (Å²) in [4.78, 5) is 19.5. The molecule has 0 aliphatic rings. The molecule has 0 rings (SSSR count). The zero-order valence-electron chi connectivity index (χ0n) is 10.1. The van der Waals surface area contributed by atoms with E-state index in [1.165, 1.54) is 0 Å². The number of nitrogens with two attached hydrogens (primary N) is 1. The Morgan fingerprint density at radius 1 is 1.16 bits per heavy atom. The summed E-state index contributed by atoms with van der Waals surface area (Å²) in [6.07, 6.45) is -3.47. The van der Waals surface area contributed by atoms with E-state index in [-0.39, 0.29) is 26.0 Å². The molecule has 0 heterocycles. The van der Waals surface area contributed by atoms with Crippen molar-refractivity contribution in [2.24, 2.45) is 5.73 Å². The monoisotopic (exact) mass is 330 g/mol. The Morgan fingerprint density at radius 2 is 1.53 bits per heavy atom. The van der Waals surface area contributed by atoms with E-state index in [4.69, 9.17) is 30.6 Å². The average Bonchev–Trinajstić information content (AvgIpc) is 2.35. The normalized spacial score (nSPS) is 13.9. The topological polar surface area (TPSA) is 182 Å². The summed E-state index contributed by atoms with van der Waals surface area (Å²) in [5, 5.41) is 51.1. The molecule has 0 fully saturated rings. The minimum atomic E-state index is -1.84. The number of hydrogen-bond donors (Lipinski definition) is 7. The summed E-state index contributed by atoms with van der Waals surface area (Å²) in [7, 11) is 0. The Balaban J connectivity index is -0.000000366. The minimum Gasteiger partial charge on any atom is -0.480 e. The Kier molecular flexibility index (Phi) is 14.3. The van der Waals surface area contributed by atoms with Crippen LogP contribution in [0.5, 0.6) is 0 Å². The van der Waals surface area contributed by atoms with Crippen LogP contribution in [-0.2, 0) is 29.1 Å². The number of aliphatic carboxylic acids is 2. The second-order valence-corrected chi connectivity index (χ2v) is 2.96. The van der Waals surface area contributed by atoms with Gasteiger partial charge in [-0.2, -0.15) is 4.79 Å². The van der Waals surface area contributed by atoms with Gasteiger partial charge < -0.3 is 36.4 Å². The Labute approximate surface area is 121 Å². The first-order valence-corrected chi connectivity index (χ1v) is 4.56. The van der Waals surface area contributed by atoms with Gasteiger partial charge in [-0.3, -0.25) is 4.79 Å². The van der Waals surface area contributed by atoms with Crippen molar-refractivity contribution in [1.82, 2.24) is 0 Å². The molecule has 9 nitrogen and oxygen atoms in total. The van der Waals surface area contributed by atoms with E-state index in [1.54, 1.807) is 0 Å². The smallest absolute Gasteiger partial charge is 0.450 e. The molecule has 0 aliphatic heterocycles.